The van der Waals surface area contributed by atoms with Crippen LogP contribution in [0.25, 0.3) is 0 Å². The summed E-state index contributed by atoms with van der Waals surface area (Å²) in [5, 5.41) is 3.28. The number of aryl methyl sites for hydroxylation is 1. The molecular formula is C22H26N2O2S. The summed E-state index contributed by atoms with van der Waals surface area (Å²) in [5.41, 5.74) is 2.24. The summed E-state index contributed by atoms with van der Waals surface area (Å²) in [5.74, 6) is -0.0295. The third-order valence-corrected chi connectivity index (χ3v) is 5.75. The second-order valence-electron chi connectivity index (χ2n) is 6.84. The van der Waals surface area contributed by atoms with E-state index in [0.29, 0.717) is 18.3 Å². The van der Waals surface area contributed by atoms with Crippen LogP contribution in [0.3, 0.4) is 0 Å². The second-order valence-corrected chi connectivity index (χ2v) is 8.32. The van der Waals surface area contributed by atoms with Crippen LogP contribution >= 0.6 is 11.8 Å². The predicted molar refractivity (Wildman–Crippen MR) is 111 cm³/mol. The molecule has 3 rings (SSSR count). The van der Waals surface area contributed by atoms with Crippen LogP contribution in [0.15, 0.2) is 59.5 Å². The average Bonchev–Trinajstić information content (AvgIpc) is 2.69. The molecule has 1 unspecified atom stereocenters. The Morgan fingerprint density at radius 3 is 2.63 bits per heavy atom. The third-order valence-electron chi connectivity index (χ3n) is 4.60. The lowest BCUT2D eigenvalue weighted by molar-refractivity contribution is -0.125. The molecule has 1 atom stereocenters. The van der Waals surface area contributed by atoms with Crippen molar-refractivity contribution in [2.75, 3.05) is 18.0 Å². The van der Waals surface area contributed by atoms with Crippen molar-refractivity contribution in [2.45, 2.75) is 42.8 Å². The highest BCUT2D eigenvalue weighted by Gasteiger charge is 2.26. The van der Waals surface area contributed by atoms with Crippen LogP contribution in [0, 0.1) is 0 Å². The van der Waals surface area contributed by atoms with Crippen LogP contribution in [-0.4, -0.2) is 30.2 Å². The fraction of sp³-hybridized carbons (Fsp3) is 0.364. The number of nitrogens with one attached hydrogen (secondary N) is 1. The van der Waals surface area contributed by atoms with Crippen molar-refractivity contribution in [3.05, 3.63) is 60.2 Å². The third kappa shape index (κ3) is 5.60. The van der Waals surface area contributed by atoms with E-state index in [0.717, 1.165) is 23.4 Å². The Bertz CT molecular complexity index is 779. The maximum Gasteiger partial charge on any atom is 0.227 e. The maximum absolute atomic E-state index is 12.7. The van der Waals surface area contributed by atoms with Gasteiger partial charge in [-0.15, -0.1) is 11.8 Å². The van der Waals surface area contributed by atoms with Gasteiger partial charge in [0.25, 0.3) is 0 Å². The van der Waals surface area contributed by atoms with E-state index >= 15 is 0 Å². The Hall–Kier alpha value is -2.27. The maximum atomic E-state index is 12.7. The molecule has 0 spiro atoms. The lowest BCUT2D eigenvalue weighted by Crippen LogP contribution is -2.39. The first-order chi connectivity index (χ1) is 13.1. The quantitative estimate of drug-likeness (QED) is 0.735. The summed E-state index contributed by atoms with van der Waals surface area (Å²) >= 11 is 1.80. The number of nitrogens with zero attached hydrogens (tertiary/aromatic N) is 1. The van der Waals surface area contributed by atoms with Gasteiger partial charge in [-0.05, 0) is 30.5 Å². The SMILES string of the molecule is CC1CN(C(=O)CCC(=O)NCCCc2ccccc2)c2ccccc2S1. The molecule has 1 heterocycles. The van der Waals surface area contributed by atoms with Gasteiger partial charge in [0, 0.05) is 36.1 Å². The number of thioether (sulfide) groups is 1. The van der Waals surface area contributed by atoms with Gasteiger partial charge in [0.1, 0.15) is 0 Å². The van der Waals surface area contributed by atoms with E-state index in [1.165, 1.54) is 5.56 Å². The van der Waals surface area contributed by atoms with Crippen molar-refractivity contribution in [3.63, 3.8) is 0 Å². The standard InChI is InChI=1S/C22H26N2O2S/c1-17-16-24(19-11-5-6-12-20(19)27-17)22(26)14-13-21(25)23-15-7-10-18-8-3-2-4-9-18/h2-6,8-9,11-12,17H,7,10,13-16H2,1H3,(H,23,25). The second kappa shape index (κ2) is 9.60. The molecule has 0 radical (unpaired) electrons. The Morgan fingerprint density at radius 2 is 1.81 bits per heavy atom. The molecule has 1 aliphatic heterocycles. The molecule has 2 aromatic rings. The molecule has 0 aliphatic carbocycles. The van der Waals surface area contributed by atoms with Gasteiger partial charge in [-0.1, -0.05) is 49.4 Å². The molecule has 4 nitrogen and oxygen atoms in total. The minimum atomic E-state index is -0.0517. The minimum Gasteiger partial charge on any atom is -0.356 e. The van der Waals surface area contributed by atoms with Gasteiger partial charge in [0.2, 0.25) is 11.8 Å². The van der Waals surface area contributed by atoms with Crippen molar-refractivity contribution < 1.29 is 9.59 Å². The highest BCUT2D eigenvalue weighted by Crippen LogP contribution is 2.38. The number of amides is 2. The zero-order valence-corrected chi connectivity index (χ0v) is 16.5. The summed E-state index contributed by atoms with van der Waals surface area (Å²) in [4.78, 5) is 27.7. The van der Waals surface area contributed by atoms with Crippen molar-refractivity contribution in [2.24, 2.45) is 0 Å². The van der Waals surface area contributed by atoms with Crippen molar-refractivity contribution in [3.8, 4) is 0 Å². The first-order valence-corrected chi connectivity index (χ1v) is 10.4. The van der Waals surface area contributed by atoms with Gasteiger partial charge in [-0.2, -0.15) is 0 Å². The number of anilines is 1. The zero-order valence-electron chi connectivity index (χ0n) is 15.7. The van der Waals surface area contributed by atoms with Crippen LogP contribution in [0.2, 0.25) is 0 Å². The molecule has 1 N–H and O–H groups in total. The molecule has 0 aromatic heterocycles. The number of carbonyl (C=O) groups is 2. The van der Waals surface area contributed by atoms with E-state index in [1.807, 2.05) is 41.3 Å². The summed E-state index contributed by atoms with van der Waals surface area (Å²) in [7, 11) is 0. The van der Waals surface area contributed by atoms with Crippen molar-refractivity contribution in [1.82, 2.24) is 5.32 Å². The largest absolute Gasteiger partial charge is 0.356 e. The number of rotatable bonds is 7. The van der Waals surface area contributed by atoms with Gasteiger partial charge in [0.15, 0.2) is 0 Å². The summed E-state index contributed by atoms with van der Waals surface area (Å²) in [6.45, 7) is 3.46. The van der Waals surface area contributed by atoms with E-state index in [1.54, 1.807) is 11.8 Å². The molecule has 2 amide bonds. The molecule has 1 aliphatic rings. The monoisotopic (exact) mass is 382 g/mol. The highest BCUT2D eigenvalue weighted by atomic mass is 32.2. The smallest absolute Gasteiger partial charge is 0.227 e. The normalized spacial score (nSPS) is 15.9. The van der Waals surface area contributed by atoms with Crippen LogP contribution in [-0.2, 0) is 16.0 Å². The lowest BCUT2D eigenvalue weighted by atomic mass is 10.1. The summed E-state index contributed by atoms with van der Waals surface area (Å²) < 4.78 is 0. The number of para-hydroxylation sites is 1. The molecule has 5 heteroatoms. The molecule has 0 saturated carbocycles. The van der Waals surface area contributed by atoms with Gasteiger partial charge < -0.3 is 10.2 Å². The predicted octanol–water partition coefficient (Wildman–Crippen LogP) is 4.04. The van der Waals surface area contributed by atoms with E-state index in [9.17, 15) is 9.59 Å². The van der Waals surface area contributed by atoms with Crippen LogP contribution in [0.5, 0.6) is 0 Å². The number of carbonyl (C=O) groups excluding carboxylic acids is 2. The van der Waals surface area contributed by atoms with Gasteiger partial charge >= 0.3 is 0 Å². The first-order valence-electron chi connectivity index (χ1n) is 9.50. The molecule has 0 saturated heterocycles. The van der Waals surface area contributed by atoms with Crippen molar-refractivity contribution in [1.29, 1.82) is 0 Å². The molecule has 2 aromatic carbocycles. The Kier molecular flexibility index (Phi) is 6.93. The summed E-state index contributed by atoms with van der Waals surface area (Å²) in [6, 6.07) is 18.2. The Labute approximate surface area is 165 Å². The highest BCUT2D eigenvalue weighted by molar-refractivity contribution is 8.00. The van der Waals surface area contributed by atoms with E-state index in [-0.39, 0.29) is 24.7 Å². The first kappa shape index (κ1) is 19.5. The molecule has 0 bridgehead atoms. The Balaban J connectivity index is 1.42. The number of benzene rings is 2. The number of hydrogen-bond acceptors (Lipinski definition) is 3. The molecule has 0 fully saturated rings. The molecule has 142 valence electrons. The average molecular weight is 383 g/mol. The zero-order chi connectivity index (χ0) is 19.1. The minimum absolute atomic E-state index is 0.0223. The van der Waals surface area contributed by atoms with Crippen LogP contribution in [0.1, 0.15) is 31.7 Å². The van der Waals surface area contributed by atoms with Crippen molar-refractivity contribution >= 4 is 29.3 Å². The topological polar surface area (TPSA) is 49.4 Å². The van der Waals surface area contributed by atoms with E-state index in [2.05, 4.69) is 30.4 Å². The number of fused-ring (bicyclic) bond motifs is 1. The summed E-state index contributed by atoms with van der Waals surface area (Å²) in [6.07, 6.45) is 2.33. The van der Waals surface area contributed by atoms with E-state index < -0.39 is 0 Å². The molecular weight excluding hydrogens is 356 g/mol. The fourth-order valence-corrected chi connectivity index (χ4v) is 4.35. The number of hydrogen-bond donors (Lipinski definition) is 1. The Morgan fingerprint density at radius 1 is 1.07 bits per heavy atom. The fourth-order valence-electron chi connectivity index (χ4n) is 3.23. The lowest BCUT2D eigenvalue weighted by Gasteiger charge is -2.32. The van der Waals surface area contributed by atoms with Gasteiger partial charge in [-0.3, -0.25) is 9.59 Å². The molecule has 27 heavy (non-hydrogen) atoms. The van der Waals surface area contributed by atoms with Crippen LogP contribution in [0.4, 0.5) is 5.69 Å². The van der Waals surface area contributed by atoms with Gasteiger partial charge in [0.05, 0.1) is 5.69 Å². The van der Waals surface area contributed by atoms with Crippen LogP contribution < -0.4 is 10.2 Å². The van der Waals surface area contributed by atoms with Gasteiger partial charge in [-0.25, -0.2) is 0 Å². The van der Waals surface area contributed by atoms with E-state index in [4.69, 9.17) is 0 Å².